The highest BCUT2D eigenvalue weighted by atomic mass is 32.1. The fourth-order valence-electron chi connectivity index (χ4n) is 2.44. The molecule has 1 heterocycles. The Kier molecular flexibility index (Phi) is 6.13. The van der Waals surface area contributed by atoms with E-state index in [9.17, 15) is 14.4 Å². The first-order chi connectivity index (χ1) is 13.5. The summed E-state index contributed by atoms with van der Waals surface area (Å²) in [5.41, 5.74) is 1.64. The second-order valence-corrected chi connectivity index (χ2v) is 6.77. The molecule has 2 amide bonds. The predicted octanol–water partition coefficient (Wildman–Crippen LogP) is 3.66. The van der Waals surface area contributed by atoms with Crippen LogP contribution in [0.1, 0.15) is 32.8 Å². The smallest absolute Gasteiger partial charge is 0.335 e. The molecular formula is C20H17N3O4S. The highest BCUT2D eigenvalue weighted by Gasteiger charge is 2.13. The normalized spacial score (nSPS) is 10.3. The van der Waals surface area contributed by atoms with Crippen LogP contribution in [0.2, 0.25) is 0 Å². The summed E-state index contributed by atoms with van der Waals surface area (Å²) >= 11 is 1.15. The number of hydrogen-bond acceptors (Lipinski definition) is 5. The second kappa shape index (κ2) is 8.92. The average Bonchev–Trinajstić information content (AvgIpc) is 3.16. The lowest BCUT2D eigenvalue weighted by atomic mass is 10.1. The Labute approximate surface area is 165 Å². The molecular weight excluding hydrogens is 378 g/mol. The number of aryl methyl sites for hydroxylation is 1. The Hall–Kier alpha value is -3.52. The van der Waals surface area contributed by atoms with E-state index in [0.29, 0.717) is 23.7 Å². The summed E-state index contributed by atoms with van der Waals surface area (Å²) in [6.45, 7) is 0. The maximum atomic E-state index is 12.3. The van der Waals surface area contributed by atoms with Gasteiger partial charge in [-0.3, -0.25) is 9.59 Å². The molecule has 0 saturated carbocycles. The topological polar surface area (TPSA) is 108 Å². The lowest BCUT2D eigenvalue weighted by Gasteiger charge is -2.04. The van der Waals surface area contributed by atoms with E-state index in [4.69, 9.17) is 5.11 Å². The molecule has 0 aliphatic heterocycles. The number of nitrogens with one attached hydrogen (secondary N) is 2. The number of thiazole rings is 1. The van der Waals surface area contributed by atoms with Crippen LogP contribution >= 0.6 is 11.3 Å². The molecule has 28 heavy (non-hydrogen) atoms. The van der Waals surface area contributed by atoms with E-state index in [1.54, 1.807) is 12.1 Å². The van der Waals surface area contributed by atoms with Gasteiger partial charge in [0, 0.05) is 17.5 Å². The maximum absolute atomic E-state index is 12.3. The molecule has 0 radical (unpaired) electrons. The van der Waals surface area contributed by atoms with E-state index >= 15 is 0 Å². The number of rotatable bonds is 7. The van der Waals surface area contributed by atoms with Gasteiger partial charge in [-0.15, -0.1) is 11.3 Å². The van der Waals surface area contributed by atoms with Crippen molar-refractivity contribution in [3.63, 3.8) is 0 Å². The summed E-state index contributed by atoms with van der Waals surface area (Å²) < 4.78 is 0. The van der Waals surface area contributed by atoms with Crippen molar-refractivity contribution >= 4 is 39.9 Å². The fourth-order valence-corrected chi connectivity index (χ4v) is 3.15. The third-order valence-corrected chi connectivity index (χ3v) is 4.59. The van der Waals surface area contributed by atoms with Crippen molar-refractivity contribution < 1.29 is 19.5 Å². The van der Waals surface area contributed by atoms with Crippen LogP contribution in [0.25, 0.3) is 0 Å². The van der Waals surface area contributed by atoms with Crippen LogP contribution < -0.4 is 10.6 Å². The first-order valence-electron chi connectivity index (χ1n) is 8.45. The van der Waals surface area contributed by atoms with Gasteiger partial charge in [0.05, 0.1) is 5.56 Å². The van der Waals surface area contributed by atoms with Crippen LogP contribution in [0, 0.1) is 0 Å². The molecule has 0 aliphatic carbocycles. The molecule has 0 spiro atoms. The van der Waals surface area contributed by atoms with Crippen molar-refractivity contribution in [1.82, 2.24) is 4.98 Å². The predicted molar refractivity (Wildman–Crippen MR) is 107 cm³/mol. The third kappa shape index (κ3) is 5.24. The van der Waals surface area contributed by atoms with Gasteiger partial charge in [0.2, 0.25) is 5.91 Å². The molecule has 0 unspecified atom stereocenters. The van der Waals surface area contributed by atoms with Gasteiger partial charge in [-0.25, -0.2) is 9.78 Å². The van der Waals surface area contributed by atoms with E-state index in [1.807, 2.05) is 30.3 Å². The van der Waals surface area contributed by atoms with Gasteiger partial charge in [-0.2, -0.15) is 0 Å². The van der Waals surface area contributed by atoms with Gasteiger partial charge in [0.25, 0.3) is 5.91 Å². The van der Waals surface area contributed by atoms with Crippen LogP contribution in [-0.2, 0) is 11.2 Å². The highest BCUT2D eigenvalue weighted by Crippen LogP contribution is 2.18. The second-order valence-electron chi connectivity index (χ2n) is 5.91. The number of carboxylic acids is 1. The van der Waals surface area contributed by atoms with Crippen LogP contribution in [0.15, 0.2) is 60.0 Å². The Morgan fingerprint density at radius 1 is 1.00 bits per heavy atom. The number of aromatic carboxylic acids is 1. The van der Waals surface area contributed by atoms with E-state index in [-0.39, 0.29) is 17.2 Å². The summed E-state index contributed by atoms with van der Waals surface area (Å²) in [6.07, 6.45) is 0.929. The third-order valence-electron chi connectivity index (χ3n) is 3.83. The molecule has 8 heteroatoms. The quantitative estimate of drug-likeness (QED) is 0.566. The minimum absolute atomic E-state index is 0.0717. The minimum atomic E-state index is -1.08. The van der Waals surface area contributed by atoms with Gasteiger partial charge in [0.15, 0.2) is 5.13 Å². The number of carboxylic acid groups (broad SMARTS) is 1. The SMILES string of the molecule is O=C(CCc1ccccc1)Nc1nc(C(=O)Nc2cccc(C(=O)O)c2)cs1. The first kappa shape index (κ1) is 19.2. The molecule has 142 valence electrons. The zero-order valence-corrected chi connectivity index (χ0v) is 15.5. The minimum Gasteiger partial charge on any atom is -0.478 e. The summed E-state index contributed by atoms with van der Waals surface area (Å²) in [4.78, 5) is 39.4. The number of nitrogens with zero attached hydrogens (tertiary/aromatic N) is 1. The standard InChI is InChI=1S/C20H17N3O4S/c24-17(10-9-13-5-2-1-3-6-13)23-20-22-16(12-28-20)18(25)21-15-8-4-7-14(11-15)19(26)27/h1-8,11-12H,9-10H2,(H,21,25)(H,26,27)(H,22,23,24). The average molecular weight is 395 g/mol. The molecule has 0 bridgehead atoms. The van der Waals surface area contributed by atoms with Gasteiger partial charge in [-0.05, 0) is 30.2 Å². The number of benzene rings is 2. The first-order valence-corrected chi connectivity index (χ1v) is 9.33. The van der Waals surface area contributed by atoms with E-state index in [2.05, 4.69) is 15.6 Å². The molecule has 3 N–H and O–H groups in total. The van der Waals surface area contributed by atoms with Crippen molar-refractivity contribution in [2.24, 2.45) is 0 Å². The molecule has 3 rings (SSSR count). The Morgan fingerprint density at radius 3 is 2.54 bits per heavy atom. The Balaban J connectivity index is 1.55. The summed E-state index contributed by atoms with van der Waals surface area (Å²) in [5.74, 6) is -1.74. The summed E-state index contributed by atoms with van der Waals surface area (Å²) in [6, 6.07) is 15.6. The fraction of sp³-hybridized carbons (Fsp3) is 0.100. The molecule has 2 aromatic carbocycles. The molecule has 0 saturated heterocycles. The van der Waals surface area contributed by atoms with Gasteiger partial charge < -0.3 is 15.7 Å². The Morgan fingerprint density at radius 2 is 1.79 bits per heavy atom. The van der Waals surface area contributed by atoms with Crippen LogP contribution in [-0.4, -0.2) is 27.9 Å². The van der Waals surface area contributed by atoms with Crippen molar-refractivity contribution in [3.05, 3.63) is 76.8 Å². The molecule has 0 aliphatic rings. The molecule has 0 fully saturated rings. The van der Waals surface area contributed by atoms with Crippen molar-refractivity contribution in [3.8, 4) is 0 Å². The molecule has 0 atom stereocenters. The van der Waals surface area contributed by atoms with E-state index in [0.717, 1.165) is 16.9 Å². The van der Waals surface area contributed by atoms with Crippen LogP contribution in [0.3, 0.4) is 0 Å². The van der Waals surface area contributed by atoms with Gasteiger partial charge >= 0.3 is 5.97 Å². The number of carbonyl (C=O) groups excluding carboxylic acids is 2. The Bertz CT molecular complexity index is 1000. The van der Waals surface area contributed by atoms with Gasteiger partial charge in [0.1, 0.15) is 5.69 Å². The number of aromatic nitrogens is 1. The van der Waals surface area contributed by atoms with E-state index < -0.39 is 11.9 Å². The zero-order valence-electron chi connectivity index (χ0n) is 14.7. The van der Waals surface area contributed by atoms with Crippen molar-refractivity contribution in [2.75, 3.05) is 10.6 Å². The summed E-state index contributed by atoms with van der Waals surface area (Å²) in [5, 5.41) is 16.1. The molecule has 7 nitrogen and oxygen atoms in total. The van der Waals surface area contributed by atoms with Crippen LogP contribution in [0.5, 0.6) is 0 Å². The van der Waals surface area contributed by atoms with Crippen molar-refractivity contribution in [2.45, 2.75) is 12.8 Å². The highest BCUT2D eigenvalue weighted by molar-refractivity contribution is 7.14. The number of amides is 2. The molecule has 3 aromatic rings. The lowest BCUT2D eigenvalue weighted by molar-refractivity contribution is -0.116. The van der Waals surface area contributed by atoms with Crippen LogP contribution in [0.4, 0.5) is 10.8 Å². The number of carbonyl (C=O) groups is 3. The van der Waals surface area contributed by atoms with E-state index in [1.165, 1.54) is 17.5 Å². The lowest BCUT2D eigenvalue weighted by Crippen LogP contribution is -2.14. The molecule has 1 aromatic heterocycles. The summed E-state index contributed by atoms with van der Waals surface area (Å²) in [7, 11) is 0. The van der Waals surface area contributed by atoms with Gasteiger partial charge in [-0.1, -0.05) is 36.4 Å². The zero-order chi connectivity index (χ0) is 19.9. The number of hydrogen-bond donors (Lipinski definition) is 3. The maximum Gasteiger partial charge on any atom is 0.335 e. The van der Waals surface area contributed by atoms with Crippen molar-refractivity contribution in [1.29, 1.82) is 0 Å². The monoisotopic (exact) mass is 395 g/mol. The number of anilines is 2. The largest absolute Gasteiger partial charge is 0.478 e.